The molecule has 124 valence electrons. The molecule has 5 nitrogen and oxygen atoms in total. The number of carbonyl (C=O) groups is 2. The molecular formula is C18H17FN2O3. The predicted molar refractivity (Wildman–Crippen MR) is 85.8 cm³/mol. The molecule has 0 aromatic heterocycles. The third kappa shape index (κ3) is 2.60. The summed E-state index contributed by atoms with van der Waals surface area (Å²) in [7, 11) is 1.53. The van der Waals surface area contributed by atoms with Gasteiger partial charge < -0.3 is 10.1 Å². The minimum absolute atomic E-state index is 0.114. The number of urea groups is 1. The average Bonchev–Trinajstić information content (AvgIpc) is 2.81. The lowest BCUT2D eigenvalue weighted by molar-refractivity contribution is -0.131. The van der Waals surface area contributed by atoms with Crippen LogP contribution >= 0.6 is 0 Å². The second-order valence-corrected chi connectivity index (χ2v) is 5.77. The number of nitrogens with one attached hydrogen (secondary N) is 1. The van der Waals surface area contributed by atoms with Crippen molar-refractivity contribution >= 4 is 11.9 Å². The van der Waals surface area contributed by atoms with Crippen LogP contribution in [0.25, 0.3) is 0 Å². The van der Waals surface area contributed by atoms with E-state index in [4.69, 9.17) is 4.74 Å². The molecule has 3 amide bonds. The average molecular weight is 328 g/mol. The molecule has 1 N–H and O–H groups in total. The van der Waals surface area contributed by atoms with Crippen LogP contribution in [0, 0.1) is 5.82 Å². The standard InChI is InChI=1S/C18H17FN2O3/c1-18(13-7-5-8-14(10-13)24-2)16(22)21(17(23)20-18)11-12-6-3-4-9-15(12)19/h3-10H,11H2,1-2H3,(H,20,23)/t18-/m0/s1. The van der Waals surface area contributed by atoms with Gasteiger partial charge in [0, 0.05) is 5.56 Å². The van der Waals surface area contributed by atoms with Crippen molar-refractivity contribution < 1.29 is 18.7 Å². The molecule has 0 unspecified atom stereocenters. The Bertz CT molecular complexity index is 808. The third-order valence-corrected chi connectivity index (χ3v) is 4.21. The number of hydrogen-bond donors (Lipinski definition) is 1. The molecule has 24 heavy (non-hydrogen) atoms. The zero-order chi connectivity index (χ0) is 17.3. The monoisotopic (exact) mass is 328 g/mol. The lowest BCUT2D eigenvalue weighted by atomic mass is 9.92. The highest BCUT2D eigenvalue weighted by Gasteiger charge is 2.49. The van der Waals surface area contributed by atoms with Crippen molar-refractivity contribution in [3.8, 4) is 5.75 Å². The molecule has 1 saturated heterocycles. The van der Waals surface area contributed by atoms with Crippen molar-refractivity contribution in [1.82, 2.24) is 10.2 Å². The highest BCUT2D eigenvalue weighted by Crippen LogP contribution is 2.31. The maximum absolute atomic E-state index is 13.8. The predicted octanol–water partition coefficient (Wildman–Crippen LogP) is 2.80. The summed E-state index contributed by atoms with van der Waals surface area (Å²) in [5, 5.41) is 2.70. The van der Waals surface area contributed by atoms with Crippen LogP contribution in [-0.2, 0) is 16.9 Å². The van der Waals surface area contributed by atoms with E-state index in [2.05, 4.69) is 5.32 Å². The molecule has 0 radical (unpaired) electrons. The van der Waals surface area contributed by atoms with Crippen LogP contribution in [0.5, 0.6) is 5.75 Å². The fraction of sp³-hybridized carbons (Fsp3) is 0.222. The summed E-state index contributed by atoms with van der Waals surface area (Å²) in [5.74, 6) is -0.291. The van der Waals surface area contributed by atoms with E-state index >= 15 is 0 Å². The number of benzene rings is 2. The highest BCUT2D eigenvalue weighted by atomic mass is 19.1. The summed E-state index contributed by atoms with van der Waals surface area (Å²) in [6, 6.07) is 12.5. The Balaban J connectivity index is 1.92. The van der Waals surface area contributed by atoms with Crippen LogP contribution < -0.4 is 10.1 Å². The van der Waals surface area contributed by atoms with Crippen molar-refractivity contribution in [2.24, 2.45) is 0 Å². The fourth-order valence-corrected chi connectivity index (χ4v) is 2.77. The largest absolute Gasteiger partial charge is 0.497 e. The topological polar surface area (TPSA) is 58.6 Å². The second-order valence-electron chi connectivity index (χ2n) is 5.77. The van der Waals surface area contributed by atoms with E-state index in [1.807, 2.05) is 0 Å². The Kier molecular flexibility index (Phi) is 3.97. The lowest BCUT2D eigenvalue weighted by Crippen LogP contribution is -2.40. The normalized spacial score (nSPS) is 20.2. The number of carbonyl (C=O) groups excluding carboxylic acids is 2. The summed E-state index contributed by atoms with van der Waals surface area (Å²) in [6.45, 7) is 1.51. The van der Waals surface area contributed by atoms with Crippen molar-refractivity contribution in [2.75, 3.05) is 7.11 Å². The van der Waals surface area contributed by atoms with E-state index in [1.54, 1.807) is 49.4 Å². The summed E-state index contributed by atoms with van der Waals surface area (Å²) in [5.41, 5.74) is -0.316. The van der Waals surface area contributed by atoms with Crippen LogP contribution in [0.15, 0.2) is 48.5 Å². The number of rotatable bonds is 4. The van der Waals surface area contributed by atoms with Gasteiger partial charge in [-0.3, -0.25) is 9.69 Å². The Hall–Kier alpha value is -2.89. The maximum Gasteiger partial charge on any atom is 0.325 e. The van der Waals surface area contributed by atoms with Crippen molar-refractivity contribution in [3.63, 3.8) is 0 Å². The van der Waals surface area contributed by atoms with E-state index in [9.17, 15) is 14.0 Å². The molecule has 1 heterocycles. The summed E-state index contributed by atoms with van der Waals surface area (Å²) in [6.07, 6.45) is 0. The van der Waals surface area contributed by atoms with Gasteiger partial charge in [-0.25, -0.2) is 9.18 Å². The molecule has 2 aromatic rings. The van der Waals surface area contributed by atoms with Crippen LogP contribution in [0.2, 0.25) is 0 Å². The van der Waals surface area contributed by atoms with E-state index in [0.29, 0.717) is 11.3 Å². The highest BCUT2D eigenvalue weighted by molar-refractivity contribution is 6.07. The molecule has 6 heteroatoms. The van der Waals surface area contributed by atoms with Gasteiger partial charge >= 0.3 is 6.03 Å². The molecule has 0 bridgehead atoms. The number of imide groups is 1. The number of halogens is 1. The van der Waals surface area contributed by atoms with Gasteiger partial charge in [-0.1, -0.05) is 30.3 Å². The number of amides is 3. The molecule has 0 spiro atoms. The van der Waals surface area contributed by atoms with Gasteiger partial charge in [-0.15, -0.1) is 0 Å². The van der Waals surface area contributed by atoms with Crippen LogP contribution in [-0.4, -0.2) is 23.9 Å². The molecule has 0 saturated carbocycles. The first-order valence-corrected chi connectivity index (χ1v) is 7.48. The van der Waals surface area contributed by atoms with E-state index in [-0.39, 0.29) is 12.1 Å². The lowest BCUT2D eigenvalue weighted by Gasteiger charge is -2.22. The molecule has 1 aliphatic heterocycles. The van der Waals surface area contributed by atoms with E-state index in [0.717, 1.165) is 4.90 Å². The SMILES string of the molecule is COc1cccc([C@]2(C)NC(=O)N(Cc3ccccc3F)C2=O)c1. The van der Waals surface area contributed by atoms with Gasteiger partial charge in [0.25, 0.3) is 5.91 Å². The second kappa shape index (κ2) is 5.96. The quantitative estimate of drug-likeness (QED) is 0.878. The molecule has 1 atom stereocenters. The molecule has 0 aliphatic carbocycles. The first kappa shape index (κ1) is 16.0. The van der Waals surface area contributed by atoms with Crippen LogP contribution in [0.4, 0.5) is 9.18 Å². The maximum atomic E-state index is 13.8. The first-order chi connectivity index (χ1) is 11.5. The Morgan fingerprint density at radius 2 is 1.92 bits per heavy atom. The van der Waals surface area contributed by atoms with Crippen LogP contribution in [0.1, 0.15) is 18.1 Å². The zero-order valence-corrected chi connectivity index (χ0v) is 13.4. The van der Waals surface area contributed by atoms with Gasteiger partial charge in [-0.05, 0) is 30.7 Å². The Labute approximate surface area is 139 Å². The van der Waals surface area contributed by atoms with Gasteiger partial charge in [0.15, 0.2) is 0 Å². The minimum Gasteiger partial charge on any atom is -0.497 e. The number of ether oxygens (including phenoxy) is 1. The number of hydrogen-bond acceptors (Lipinski definition) is 3. The summed E-state index contributed by atoms with van der Waals surface area (Å²) >= 11 is 0. The van der Waals surface area contributed by atoms with Gasteiger partial charge in [0.2, 0.25) is 0 Å². The smallest absolute Gasteiger partial charge is 0.325 e. The van der Waals surface area contributed by atoms with Crippen molar-refractivity contribution in [1.29, 1.82) is 0 Å². The third-order valence-electron chi connectivity index (χ3n) is 4.21. The Morgan fingerprint density at radius 3 is 2.62 bits per heavy atom. The molecule has 2 aromatic carbocycles. The van der Waals surface area contributed by atoms with Gasteiger partial charge in [0.1, 0.15) is 17.1 Å². The number of methoxy groups -OCH3 is 1. The molecule has 1 aliphatic rings. The summed E-state index contributed by atoms with van der Waals surface area (Å²) < 4.78 is 19.0. The fourth-order valence-electron chi connectivity index (χ4n) is 2.77. The van der Waals surface area contributed by atoms with Gasteiger partial charge in [-0.2, -0.15) is 0 Å². The Morgan fingerprint density at radius 1 is 1.17 bits per heavy atom. The van der Waals surface area contributed by atoms with Crippen molar-refractivity contribution in [3.05, 3.63) is 65.5 Å². The minimum atomic E-state index is -1.21. The van der Waals surface area contributed by atoms with Crippen molar-refractivity contribution in [2.45, 2.75) is 19.0 Å². The van der Waals surface area contributed by atoms with E-state index in [1.165, 1.54) is 13.2 Å². The van der Waals surface area contributed by atoms with E-state index < -0.39 is 23.3 Å². The number of nitrogens with zero attached hydrogens (tertiary/aromatic N) is 1. The molecular weight excluding hydrogens is 311 g/mol. The van der Waals surface area contributed by atoms with Gasteiger partial charge in [0.05, 0.1) is 13.7 Å². The molecule has 1 fully saturated rings. The zero-order valence-electron chi connectivity index (χ0n) is 13.4. The first-order valence-electron chi connectivity index (χ1n) is 7.48. The molecule has 3 rings (SSSR count). The summed E-state index contributed by atoms with van der Waals surface area (Å²) in [4.78, 5) is 26.1. The van der Waals surface area contributed by atoms with Crippen LogP contribution in [0.3, 0.4) is 0 Å².